The Bertz CT molecular complexity index is 1060. The highest BCUT2D eigenvalue weighted by atomic mass is 28.4. The third kappa shape index (κ3) is 4.98. The van der Waals surface area contributed by atoms with E-state index in [9.17, 15) is 4.79 Å². The molecule has 1 fully saturated rings. The van der Waals surface area contributed by atoms with Gasteiger partial charge in [0, 0.05) is 11.0 Å². The summed E-state index contributed by atoms with van der Waals surface area (Å²) >= 11 is 0. The predicted molar refractivity (Wildman–Crippen MR) is 141 cm³/mol. The van der Waals surface area contributed by atoms with Crippen LogP contribution in [0.3, 0.4) is 0 Å². The van der Waals surface area contributed by atoms with Gasteiger partial charge in [-0.05, 0) is 30.6 Å². The van der Waals surface area contributed by atoms with Gasteiger partial charge in [-0.15, -0.1) is 0 Å². The quantitative estimate of drug-likeness (QED) is 0.364. The van der Waals surface area contributed by atoms with Gasteiger partial charge in [0.15, 0.2) is 19.8 Å². The maximum absolute atomic E-state index is 13.3. The Labute approximate surface area is 216 Å². The Kier molecular flexibility index (Phi) is 6.93. The molecule has 1 saturated heterocycles. The second-order valence-electron chi connectivity index (χ2n) is 12.6. The molecule has 0 spiro atoms. The molecule has 3 aliphatic heterocycles. The zero-order chi connectivity index (χ0) is 26.6. The molecule has 7 nitrogen and oxygen atoms in total. The third-order valence-corrected chi connectivity index (χ3v) is 12.3. The van der Waals surface area contributed by atoms with E-state index in [0.717, 1.165) is 16.8 Å². The number of carbonyl (C=O) groups is 1. The minimum atomic E-state index is -2.10. The van der Waals surface area contributed by atoms with Crippen molar-refractivity contribution in [3.05, 3.63) is 47.0 Å². The number of fused-ring (bicyclic) bond motifs is 2. The summed E-state index contributed by atoms with van der Waals surface area (Å²) in [5, 5.41) is 0.0234. The first-order valence-corrected chi connectivity index (χ1v) is 15.6. The van der Waals surface area contributed by atoms with Crippen LogP contribution in [-0.2, 0) is 28.2 Å². The maximum Gasteiger partial charge on any atom is 0.338 e. The minimum absolute atomic E-state index is 0.0234. The minimum Gasteiger partial charge on any atom is -0.466 e. The van der Waals surface area contributed by atoms with Crippen LogP contribution in [0, 0.1) is 5.41 Å². The SMILES string of the molecule is COC(=O)C1=C(CO[Si](C)(C)C(C)(C)C)C2OC1(CC1(C)OCC(C)(C)CO1)N=C2c1ccccc1. The molecule has 0 radical (unpaired) electrons. The van der Waals surface area contributed by atoms with Gasteiger partial charge in [-0.1, -0.05) is 65.0 Å². The number of nitrogens with zero attached hydrogens (tertiary/aromatic N) is 1. The van der Waals surface area contributed by atoms with Gasteiger partial charge in [0.1, 0.15) is 6.10 Å². The number of benzene rings is 1. The summed E-state index contributed by atoms with van der Waals surface area (Å²) < 4.78 is 30.9. The van der Waals surface area contributed by atoms with Crippen LogP contribution in [0.1, 0.15) is 53.5 Å². The van der Waals surface area contributed by atoms with E-state index in [0.29, 0.717) is 18.8 Å². The summed E-state index contributed by atoms with van der Waals surface area (Å²) in [4.78, 5) is 18.3. The van der Waals surface area contributed by atoms with Gasteiger partial charge in [-0.25, -0.2) is 9.79 Å². The molecule has 2 unspecified atom stereocenters. The van der Waals surface area contributed by atoms with Crippen LogP contribution in [0.4, 0.5) is 0 Å². The number of methoxy groups -OCH3 is 1. The summed E-state index contributed by atoms with van der Waals surface area (Å²) in [5.41, 5.74) is 1.57. The molecule has 198 valence electrons. The molecule has 4 rings (SSSR count). The summed E-state index contributed by atoms with van der Waals surface area (Å²) in [6.07, 6.45) is -0.272. The molecule has 0 saturated carbocycles. The number of esters is 1. The highest BCUT2D eigenvalue weighted by Gasteiger charge is 2.60. The van der Waals surface area contributed by atoms with Crippen LogP contribution in [0.25, 0.3) is 0 Å². The first-order chi connectivity index (χ1) is 16.6. The first kappa shape index (κ1) is 27.2. The largest absolute Gasteiger partial charge is 0.466 e. The maximum atomic E-state index is 13.3. The Morgan fingerprint density at radius 1 is 1.11 bits per heavy atom. The van der Waals surface area contributed by atoms with E-state index < -0.39 is 31.9 Å². The number of carbonyl (C=O) groups excluding carboxylic acids is 1. The molecule has 0 aromatic heterocycles. The van der Waals surface area contributed by atoms with Crippen molar-refractivity contribution >= 4 is 20.0 Å². The van der Waals surface area contributed by atoms with Crippen LogP contribution < -0.4 is 0 Å². The lowest BCUT2D eigenvalue weighted by Gasteiger charge is -2.44. The molecule has 3 heterocycles. The van der Waals surface area contributed by atoms with E-state index >= 15 is 0 Å². The molecule has 8 heteroatoms. The van der Waals surface area contributed by atoms with Crippen molar-refractivity contribution in [2.75, 3.05) is 26.9 Å². The van der Waals surface area contributed by atoms with Crippen LogP contribution in [0.5, 0.6) is 0 Å². The van der Waals surface area contributed by atoms with Gasteiger partial charge in [-0.2, -0.15) is 0 Å². The summed E-state index contributed by atoms with van der Waals surface area (Å²) in [7, 11) is -0.715. The highest BCUT2D eigenvalue weighted by Crippen LogP contribution is 2.51. The molecule has 0 N–H and O–H groups in total. The molecule has 2 atom stereocenters. The summed E-state index contributed by atoms with van der Waals surface area (Å²) in [6.45, 7) is 18.5. The lowest BCUT2D eigenvalue weighted by molar-refractivity contribution is -0.303. The molecule has 0 amide bonds. The van der Waals surface area contributed by atoms with Crippen LogP contribution in [-0.4, -0.2) is 64.5 Å². The number of rotatable bonds is 7. The second kappa shape index (κ2) is 9.17. The zero-order valence-electron chi connectivity index (χ0n) is 23.2. The van der Waals surface area contributed by atoms with Gasteiger partial charge < -0.3 is 23.4 Å². The number of ether oxygens (including phenoxy) is 4. The normalized spacial score (nSPS) is 27.2. The number of dihydropyridines is 1. The van der Waals surface area contributed by atoms with Gasteiger partial charge in [0.2, 0.25) is 0 Å². The molecular weight excluding hydrogens is 474 g/mol. The Morgan fingerprint density at radius 3 is 2.28 bits per heavy atom. The molecule has 36 heavy (non-hydrogen) atoms. The highest BCUT2D eigenvalue weighted by molar-refractivity contribution is 6.74. The van der Waals surface area contributed by atoms with Crippen molar-refractivity contribution in [1.82, 2.24) is 0 Å². The summed E-state index contributed by atoms with van der Waals surface area (Å²) in [5.74, 6) is -1.42. The first-order valence-electron chi connectivity index (χ1n) is 12.7. The molecular formula is C28H41NO6Si. The smallest absolute Gasteiger partial charge is 0.338 e. The molecule has 3 aliphatic rings. The fourth-order valence-corrected chi connectivity index (χ4v) is 5.54. The van der Waals surface area contributed by atoms with E-state index in [2.05, 4.69) is 47.7 Å². The number of hydrogen-bond donors (Lipinski definition) is 0. The van der Waals surface area contributed by atoms with Crippen LogP contribution in [0.15, 0.2) is 46.5 Å². The lowest BCUT2D eigenvalue weighted by atomic mass is 9.87. The van der Waals surface area contributed by atoms with Crippen molar-refractivity contribution in [2.45, 2.75) is 83.7 Å². The topological polar surface area (TPSA) is 75.6 Å². The van der Waals surface area contributed by atoms with Crippen molar-refractivity contribution in [3.8, 4) is 0 Å². The van der Waals surface area contributed by atoms with E-state index in [-0.39, 0.29) is 23.5 Å². The summed E-state index contributed by atoms with van der Waals surface area (Å²) in [6, 6.07) is 9.95. The van der Waals surface area contributed by atoms with Gasteiger partial charge in [-0.3, -0.25) is 0 Å². The Hall–Kier alpha value is -1.84. The van der Waals surface area contributed by atoms with Crippen molar-refractivity contribution in [2.24, 2.45) is 10.4 Å². The molecule has 1 aromatic carbocycles. The van der Waals surface area contributed by atoms with Crippen molar-refractivity contribution in [3.63, 3.8) is 0 Å². The Balaban J connectivity index is 1.77. The van der Waals surface area contributed by atoms with Crippen LogP contribution >= 0.6 is 0 Å². The van der Waals surface area contributed by atoms with Crippen molar-refractivity contribution < 1.29 is 28.2 Å². The Morgan fingerprint density at radius 2 is 1.72 bits per heavy atom. The zero-order valence-corrected chi connectivity index (χ0v) is 24.2. The van der Waals surface area contributed by atoms with Gasteiger partial charge in [0.05, 0.1) is 44.6 Å². The van der Waals surface area contributed by atoms with Gasteiger partial charge >= 0.3 is 5.97 Å². The van der Waals surface area contributed by atoms with E-state index in [1.54, 1.807) is 0 Å². The van der Waals surface area contributed by atoms with E-state index in [1.807, 2.05) is 37.3 Å². The fraction of sp³-hybridized carbons (Fsp3) is 0.643. The fourth-order valence-electron chi connectivity index (χ4n) is 4.59. The molecule has 2 bridgehead atoms. The van der Waals surface area contributed by atoms with Crippen LogP contribution in [0.2, 0.25) is 18.1 Å². The number of aliphatic imine (C=N–C) groups is 1. The van der Waals surface area contributed by atoms with Crippen molar-refractivity contribution in [1.29, 1.82) is 0 Å². The standard InChI is InChI=1S/C28H41NO6Si/c1-25(2,3)36(8,9)34-15-20-21(24(30)31-7)28(16-27(6)32-17-26(4,5)18-33-27)29-22(23(20)35-28)19-13-11-10-12-14-19/h10-14,23H,15-18H2,1-9H3. The van der Waals surface area contributed by atoms with E-state index in [1.165, 1.54) is 7.11 Å². The molecule has 1 aromatic rings. The van der Waals surface area contributed by atoms with Gasteiger partial charge in [0.25, 0.3) is 0 Å². The van der Waals surface area contributed by atoms with E-state index in [4.69, 9.17) is 28.4 Å². The number of hydrogen-bond acceptors (Lipinski definition) is 7. The predicted octanol–water partition coefficient (Wildman–Crippen LogP) is 5.26. The average molecular weight is 516 g/mol. The lowest BCUT2D eigenvalue weighted by Crippen LogP contribution is -2.50. The molecule has 0 aliphatic carbocycles. The second-order valence-corrected chi connectivity index (χ2v) is 17.4. The third-order valence-electron chi connectivity index (χ3n) is 7.84. The monoisotopic (exact) mass is 515 g/mol. The average Bonchev–Trinajstić information content (AvgIpc) is 3.32.